The molecule has 0 amide bonds. The van der Waals surface area contributed by atoms with Crippen molar-refractivity contribution in [2.45, 2.75) is 6.10 Å². The number of halogens is 2. The van der Waals surface area contributed by atoms with E-state index in [9.17, 15) is 0 Å². The standard InChI is InChI=1S/C9H8BrClN2O/c10-6-1-2-8(12-5-6)9-3-7(4-11)14-13-9/h1-3,5,7,13H,4H2/t7-/m0/s1. The summed E-state index contributed by atoms with van der Waals surface area (Å²) >= 11 is 8.97. The molecule has 1 N–H and O–H groups in total. The number of aromatic nitrogens is 1. The zero-order chi connectivity index (χ0) is 9.97. The van der Waals surface area contributed by atoms with Crippen LogP contribution >= 0.6 is 27.5 Å². The number of hydroxylamine groups is 1. The summed E-state index contributed by atoms with van der Waals surface area (Å²) in [6, 6.07) is 3.84. The smallest absolute Gasteiger partial charge is 0.119 e. The van der Waals surface area contributed by atoms with Gasteiger partial charge in [-0.15, -0.1) is 11.6 Å². The fourth-order valence-electron chi connectivity index (χ4n) is 1.14. The number of nitrogens with one attached hydrogen (secondary N) is 1. The van der Waals surface area contributed by atoms with Crippen LogP contribution in [0.5, 0.6) is 0 Å². The van der Waals surface area contributed by atoms with Crippen molar-refractivity contribution in [3.05, 3.63) is 34.6 Å². The third kappa shape index (κ3) is 2.08. The van der Waals surface area contributed by atoms with Crippen LogP contribution < -0.4 is 5.48 Å². The molecule has 14 heavy (non-hydrogen) atoms. The fraction of sp³-hybridized carbons (Fsp3) is 0.222. The average Bonchev–Trinajstić information content (AvgIpc) is 2.67. The Morgan fingerprint density at radius 1 is 1.57 bits per heavy atom. The minimum atomic E-state index is -0.0721. The van der Waals surface area contributed by atoms with Crippen molar-refractivity contribution in [3.8, 4) is 0 Å². The van der Waals surface area contributed by atoms with Crippen LogP contribution in [0.2, 0.25) is 0 Å². The van der Waals surface area contributed by atoms with E-state index in [1.165, 1.54) is 0 Å². The maximum absolute atomic E-state index is 5.65. The number of pyridine rings is 1. The van der Waals surface area contributed by atoms with Crippen LogP contribution in [0.15, 0.2) is 28.9 Å². The van der Waals surface area contributed by atoms with E-state index < -0.39 is 0 Å². The van der Waals surface area contributed by atoms with Crippen LogP contribution in [-0.2, 0) is 4.84 Å². The minimum absolute atomic E-state index is 0.0721. The molecule has 2 rings (SSSR count). The molecule has 74 valence electrons. The molecular weight excluding hydrogens is 267 g/mol. The Bertz CT molecular complexity index is 352. The summed E-state index contributed by atoms with van der Waals surface area (Å²) in [6.07, 6.45) is 3.59. The first-order valence-electron chi connectivity index (χ1n) is 4.11. The molecule has 1 atom stereocenters. The third-order valence-corrected chi connectivity index (χ3v) is 2.60. The van der Waals surface area contributed by atoms with Crippen molar-refractivity contribution in [3.63, 3.8) is 0 Å². The van der Waals surface area contributed by atoms with Crippen molar-refractivity contribution in [1.29, 1.82) is 0 Å². The molecule has 0 saturated carbocycles. The van der Waals surface area contributed by atoms with Gasteiger partial charge in [-0.3, -0.25) is 15.3 Å². The van der Waals surface area contributed by atoms with Gasteiger partial charge >= 0.3 is 0 Å². The second kappa shape index (κ2) is 4.29. The summed E-state index contributed by atoms with van der Waals surface area (Å²) in [5.41, 5.74) is 4.50. The van der Waals surface area contributed by atoms with Gasteiger partial charge in [0.15, 0.2) is 0 Å². The van der Waals surface area contributed by atoms with Gasteiger partial charge in [-0.05, 0) is 34.1 Å². The lowest BCUT2D eigenvalue weighted by Crippen LogP contribution is -2.13. The highest BCUT2D eigenvalue weighted by atomic mass is 79.9. The molecule has 5 heteroatoms. The van der Waals surface area contributed by atoms with Gasteiger partial charge in [-0.2, -0.15) is 0 Å². The highest BCUT2D eigenvalue weighted by Gasteiger charge is 2.16. The largest absolute Gasteiger partial charge is 0.267 e. The molecule has 1 aromatic rings. The molecule has 0 spiro atoms. The van der Waals surface area contributed by atoms with Crippen LogP contribution in [0, 0.1) is 0 Å². The first-order valence-corrected chi connectivity index (χ1v) is 5.44. The Morgan fingerprint density at radius 3 is 3.00 bits per heavy atom. The van der Waals surface area contributed by atoms with Crippen LogP contribution in [0.25, 0.3) is 5.70 Å². The van der Waals surface area contributed by atoms with Crippen molar-refractivity contribution in [2.24, 2.45) is 0 Å². The molecule has 0 bridgehead atoms. The van der Waals surface area contributed by atoms with E-state index in [1.807, 2.05) is 18.2 Å². The lowest BCUT2D eigenvalue weighted by Gasteiger charge is -2.02. The van der Waals surface area contributed by atoms with Crippen LogP contribution in [0.3, 0.4) is 0 Å². The zero-order valence-electron chi connectivity index (χ0n) is 7.21. The van der Waals surface area contributed by atoms with Gasteiger partial charge in [0.1, 0.15) is 6.10 Å². The number of alkyl halides is 1. The van der Waals surface area contributed by atoms with E-state index in [1.54, 1.807) is 6.20 Å². The van der Waals surface area contributed by atoms with Crippen LogP contribution in [0.1, 0.15) is 5.69 Å². The summed E-state index contributed by atoms with van der Waals surface area (Å²) < 4.78 is 0.953. The van der Waals surface area contributed by atoms with Crippen molar-refractivity contribution in [1.82, 2.24) is 10.5 Å². The summed E-state index contributed by atoms with van der Waals surface area (Å²) in [7, 11) is 0. The van der Waals surface area contributed by atoms with E-state index in [2.05, 4.69) is 26.4 Å². The predicted molar refractivity (Wildman–Crippen MR) is 58.6 cm³/mol. The first kappa shape index (κ1) is 9.96. The molecular formula is C9H8BrClN2O. The van der Waals surface area contributed by atoms with Crippen LogP contribution in [-0.4, -0.2) is 17.0 Å². The molecule has 0 radical (unpaired) electrons. The summed E-state index contributed by atoms with van der Waals surface area (Å²) in [5, 5.41) is 0. The molecule has 3 nitrogen and oxygen atoms in total. The fourth-order valence-corrected chi connectivity index (χ4v) is 1.53. The van der Waals surface area contributed by atoms with Crippen molar-refractivity contribution in [2.75, 3.05) is 5.88 Å². The Morgan fingerprint density at radius 2 is 2.43 bits per heavy atom. The van der Waals surface area contributed by atoms with Gasteiger partial charge in [0, 0.05) is 10.7 Å². The Labute approximate surface area is 95.2 Å². The summed E-state index contributed by atoms with van der Waals surface area (Å²) in [4.78, 5) is 9.40. The van der Waals surface area contributed by atoms with Gasteiger partial charge in [0.25, 0.3) is 0 Å². The molecule has 0 fully saturated rings. The monoisotopic (exact) mass is 274 g/mol. The number of hydrogen-bond acceptors (Lipinski definition) is 3. The lowest BCUT2D eigenvalue weighted by atomic mass is 10.2. The average molecular weight is 276 g/mol. The predicted octanol–water partition coefficient (Wildman–Crippen LogP) is 2.33. The molecule has 1 aliphatic rings. The SMILES string of the molecule is ClC[C@@H]1C=C(c2ccc(Br)cn2)NO1. The second-order valence-electron chi connectivity index (χ2n) is 2.85. The molecule has 1 aliphatic heterocycles. The molecule has 0 aliphatic carbocycles. The summed E-state index contributed by atoms with van der Waals surface area (Å²) in [5.74, 6) is 0.438. The Kier molecular flexibility index (Phi) is 3.05. The number of hydrogen-bond donors (Lipinski definition) is 1. The Balaban J connectivity index is 2.20. The highest BCUT2D eigenvalue weighted by Crippen LogP contribution is 2.18. The lowest BCUT2D eigenvalue weighted by molar-refractivity contribution is 0.0643. The van der Waals surface area contributed by atoms with E-state index in [0.29, 0.717) is 5.88 Å². The van der Waals surface area contributed by atoms with Crippen molar-refractivity contribution >= 4 is 33.2 Å². The van der Waals surface area contributed by atoms with Crippen LogP contribution in [0.4, 0.5) is 0 Å². The molecule has 0 unspecified atom stereocenters. The van der Waals surface area contributed by atoms with E-state index in [-0.39, 0.29) is 6.10 Å². The normalized spacial score (nSPS) is 20.4. The molecule has 2 heterocycles. The molecule has 1 aromatic heterocycles. The summed E-state index contributed by atoms with van der Waals surface area (Å²) in [6.45, 7) is 0. The topological polar surface area (TPSA) is 34.2 Å². The minimum Gasteiger partial charge on any atom is -0.267 e. The Hall–Kier alpha value is -0.580. The van der Waals surface area contributed by atoms with Gasteiger partial charge in [-0.1, -0.05) is 0 Å². The number of nitrogens with zero attached hydrogens (tertiary/aromatic N) is 1. The molecule has 0 aromatic carbocycles. The van der Waals surface area contributed by atoms with Gasteiger partial charge < -0.3 is 0 Å². The molecule has 0 saturated heterocycles. The number of rotatable bonds is 2. The van der Waals surface area contributed by atoms with Gasteiger partial charge in [0.05, 0.1) is 17.3 Å². The van der Waals surface area contributed by atoms with E-state index >= 15 is 0 Å². The highest BCUT2D eigenvalue weighted by molar-refractivity contribution is 9.10. The maximum atomic E-state index is 5.65. The van der Waals surface area contributed by atoms with Crippen molar-refractivity contribution < 1.29 is 4.84 Å². The quantitative estimate of drug-likeness (QED) is 0.841. The van der Waals surface area contributed by atoms with Gasteiger partial charge in [-0.25, -0.2) is 0 Å². The third-order valence-electron chi connectivity index (χ3n) is 1.83. The van der Waals surface area contributed by atoms with Gasteiger partial charge in [0.2, 0.25) is 0 Å². The van der Waals surface area contributed by atoms with E-state index in [0.717, 1.165) is 15.9 Å². The second-order valence-corrected chi connectivity index (χ2v) is 4.08. The maximum Gasteiger partial charge on any atom is 0.119 e. The zero-order valence-corrected chi connectivity index (χ0v) is 9.55. The first-order chi connectivity index (χ1) is 6.79. The van der Waals surface area contributed by atoms with E-state index in [4.69, 9.17) is 16.4 Å².